The van der Waals surface area contributed by atoms with Gasteiger partial charge in [-0.1, -0.05) is 24.3 Å². The second-order valence-electron chi connectivity index (χ2n) is 3.60. The highest BCUT2D eigenvalue weighted by atomic mass is 16.5. The summed E-state index contributed by atoms with van der Waals surface area (Å²) in [7, 11) is 1.36. The highest BCUT2D eigenvalue weighted by Crippen LogP contribution is 2.16. The Labute approximate surface area is 96.1 Å². The van der Waals surface area contributed by atoms with Crippen LogP contribution in [-0.2, 0) is 9.53 Å². The number of nitrogens with one attached hydrogen (secondary N) is 1. The van der Waals surface area contributed by atoms with Crippen molar-refractivity contribution in [3.8, 4) is 0 Å². The van der Waals surface area contributed by atoms with E-state index in [0.29, 0.717) is 0 Å². The third-order valence-electron chi connectivity index (χ3n) is 2.42. The predicted molar refractivity (Wildman–Crippen MR) is 63.9 cm³/mol. The maximum Gasteiger partial charge on any atom is 0.331 e. The molecule has 0 unspecified atom stereocenters. The molecule has 0 aromatic heterocycles. The van der Waals surface area contributed by atoms with Gasteiger partial charge in [0.15, 0.2) is 0 Å². The van der Waals surface area contributed by atoms with E-state index in [4.69, 9.17) is 0 Å². The molecule has 1 aromatic rings. The van der Waals surface area contributed by atoms with Crippen molar-refractivity contribution < 1.29 is 9.53 Å². The summed E-state index contributed by atoms with van der Waals surface area (Å²) in [6.07, 6.45) is 2.98. The van der Waals surface area contributed by atoms with Crippen LogP contribution in [0.4, 0.5) is 0 Å². The van der Waals surface area contributed by atoms with Crippen LogP contribution in [0.3, 0.4) is 0 Å². The van der Waals surface area contributed by atoms with Gasteiger partial charge in [0.25, 0.3) is 0 Å². The van der Waals surface area contributed by atoms with Crippen LogP contribution in [0.5, 0.6) is 0 Å². The minimum Gasteiger partial charge on any atom is -0.466 e. The molecule has 1 aromatic carbocycles. The van der Waals surface area contributed by atoms with E-state index in [1.54, 1.807) is 6.20 Å². The number of hydrogen-bond donors (Lipinski definition) is 1. The average Bonchev–Trinajstić information content (AvgIpc) is 2.29. The third-order valence-corrected chi connectivity index (χ3v) is 2.42. The van der Waals surface area contributed by atoms with E-state index in [-0.39, 0.29) is 12.0 Å². The molecule has 0 aliphatic heterocycles. The monoisotopic (exact) mass is 219 g/mol. The Morgan fingerprint density at radius 2 is 2.12 bits per heavy atom. The van der Waals surface area contributed by atoms with E-state index < -0.39 is 0 Å². The molecule has 1 rings (SSSR count). The van der Waals surface area contributed by atoms with E-state index in [9.17, 15) is 4.79 Å². The quantitative estimate of drug-likeness (QED) is 0.624. The summed E-state index contributed by atoms with van der Waals surface area (Å²) < 4.78 is 4.50. The molecule has 86 valence electrons. The highest BCUT2D eigenvalue weighted by Gasteiger charge is 2.04. The topological polar surface area (TPSA) is 38.3 Å². The molecule has 0 aliphatic rings. The van der Waals surface area contributed by atoms with Gasteiger partial charge in [-0.3, -0.25) is 0 Å². The normalized spacial score (nSPS) is 12.4. The average molecular weight is 219 g/mol. The van der Waals surface area contributed by atoms with Gasteiger partial charge in [0.1, 0.15) is 0 Å². The first-order valence-electron chi connectivity index (χ1n) is 5.21. The highest BCUT2D eigenvalue weighted by molar-refractivity contribution is 5.81. The number of esters is 1. The fourth-order valence-electron chi connectivity index (χ4n) is 1.49. The lowest BCUT2D eigenvalue weighted by Gasteiger charge is -2.14. The van der Waals surface area contributed by atoms with Crippen LogP contribution in [0.15, 0.2) is 36.5 Å². The van der Waals surface area contributed by atoms with Gasteiger partial charge in [-0.05, 0) is 25.0 Å². The summed E-state index contributed by atoms with van der Waals surface area (Å²) in [6, 6.07) is 8.32. The number of methoxy groups -OCH3 is 1. The third kappa shape index (κ3) is 3.42. The molecule has 0 aliphatic carbocycles. The van der Waals surface area contributed by atoms with E-state index in [0.717, 1.165) is 0 Å². The summed E-state index contributed by atoms with van der Waals surface area (Å²) in [4.78, 5) is 10.8. The Morgan fingerprint density at radius 1 is 1.44 bits per heavy atom. The SMILES string of the molecule is COC(=O)/C=C/N[C@H](C)c1ccccc1C. The van der Waals surface area contributed by atoms with Crippen molar-refractivity contribution in [1.82, 2.24) is 5.32 Å². The fraction of sp³-hybridized carbons (Fsp3) is 0.308. The lowest BCUT2D eigenvalue weighted by atomic mass is 10.0. The van der Waals surface area contributed by atoms with Gasteiger partial charge in [-0.2, -0.15) is 0 Å². The van der Waals surface area contributed by atoms with Gasteiger partial charge in [0.2, 0.25) is 0 Å². The van der Waals surface area contributed by atoms with Gasteiger partial charge >= 0.3 is 5.97 Å². The molecule has 1 N–H and O–H groups in total. The van der Waals surface area contributed by atoms with E-state index in [1.807, 2.05) is 19.1 Å². The molecule has 3 heteroatoms. The molecule has 0 bridgehead atoms. The Bertz CT molecular complexity index is 385. The van der Waals surface area contributed by atoms with Crippen molar-refractivity contribution in [2.45, 2.75) is 19.9 Å². The molecule has 0 spiro atoms. The van der Waals surface area contributed by atoms with Gasteiger partial charge < -0.3 is 10.1 Å². The summed E-state index contributed by atoms with van der Waals surface area (Å²) in [5, 5.41) is 3.12. The Balaban J connectivity index is 2.60. The Kier molecular flexibility index (Phi) is 4.58. The molecular formula is C13H17NO2. The van der Waals surface area contributed by atoms with Crippen molar-refractivity contribution >= 4 is 5.97 Å². The number of ether oxygens (including phenoxy) is 1. The summed E-state index contributed by atoms with van der Waals surface area (Å²) >= 11 is 0. The van der Waals surface area contributed by atoms with Crippen molar-refractivity contribution in [1.29, 1.82) is 0 Å². The number of hydrogen-bond acceptors (Lipinski definition) is 3. The number of carbonyl (C=O) groups excluding carboxylic acids is 1. The zero-order valence-electron chi connectivity index (χ0n) is 9.86. The van der Waals surface area contributed by atoms with Crippen molar-refractivity contribution in [3.05, 3.63) is 47.7 Å². The van der Waals surface area contributed by atoms with E-state index in [2.05, 4.69) is 29.1 Å². The van der Waals surface area contributed by atoms with Crippen molar-refractivity contribution in [2.75, 3.05) is 7.11 Å². The van der Waals surface area contributed by atoms with Crippen LogP contribution in [0, 0.1) is 6.92 Å². The van der Waals surface area contributed by atoms with Crippen LogP contribution in [0.2, 0.25) is 0 Å². The zero-order valence-corrected chi connectivity index (χ0v) is 9.86. The molecule has 0 saturated carbocycles. The summed E-state index contributed by atoms with van der Waals surface area (Å²) in [5.74, 6) is -0.357. The van der Waals surface area contributed by atoms with Crippen LogP contribution in [-0.4, -0.2) is 13.1 Å². The van der Waals surface area contributed by atoms with E-state index >= 15 is 0 Å². The smallest absolute Gasteiger partial charge is 0.331 e. The maximum atomic E-state index is 10.8. The van der Waals surface area contributed by atoms with Gasteiger partial charge in [0, 0.05) is 18.3 Å². The number of aryl methyl sites for hydroxylation is 1. The lowest BCUT2D eigenvalue weighted by molar-refractivity contribution is -0.134. The summed E-state index contributed by atoms with van der Waals surface area (Å²) in [6.45, 7) is 4.11. The van der Waals surface area contributed by atoms with Crippen LogP contribution in [0.25, 0.3) is 0 Å². The van der Waals surface area contributed by atoms with Crippen LogP contribution >= 0.6 is 0 Å². The maximum absolute atomic E-state index is 10.8. The van der Waals surface area contributed by atoms with Crippen molar-refractivity contribution in [2.24, 2.45) is 0 Å². The second-order valence-corrected chi connectivity index (χ2v) is 3.60. The molecule has 16 heavy (non-hydrogen) atoms. The molecular weight excluding hydrogens is 202 g/mol. The molecule has 0 fully saturated rings. The first-order chi connectivity index (χ1) is 7.65. The Hall–Kier alpha value is -1.77. The molecule has 3 nitrogen and oxygen atoms in total. The van der Waals surface area contributed by atoms with Crippen molar-refractivity contribution in [3.63, 3.8) is 0 Å². The molecule has 0 amide bonds. The van der Waals surface area contributed by atoms with Gasteiger partial charge in [-0.25, -0.2) is 4.79 Å². The fourth-order valence-corrected chi connectivity index (χ4v) is 1.49. The van der Waals surface area contributed by atoms with Crippen LogP contribution in [0.1, 0.15) is 24.1 Å². The second kappa shape index (κ2) is 5.95. The number of benzene rings is 1. The molecule has 1 atom stereocenters. The number of carbonyl (C=O) groups is 1. The largest absolute Gasteiger partial charge is 0.466 e. The molecule has 0 saturated heterocycles. The van der Waals surface area contributed by atoms with Gasteiger partial charge in [0.05, 0.1) is 7.11 Å². The standard InChI is InChI=1S/C13H17NO2/c1-10-6-4-5-7-12(10)11(2)14-9-8-13(15)16-3/h4-9,11,14H,1-3H3/b9-8+/t11-/m1/s1. The Morgan fingerprint density at radius 3 is 2.75 bits per heavy atom. The lowest BCUT2D eigenvalue weighted by Crippen LogP contribution is -2.13. The number of rotatable bonds is 4. The molecule has 0 radical (unpaired) electrons. The predicted octanol–water partition coefficient (Wildman–Crippen LogP) is 2.33. The first-order valence-corrected chi connectivity index (χ1v) is 5.21. The summed E-state index contributed by atoms with van der Waals surface area (Å²) in [5.41, 5.74) is 2.45. The van der Waals surface area contributed by atoms with E-state index in [1.165, 1.54) is 24.3 Å². The molecule has 0 heterocycles. The first kappa shape index (κ1) is 12.3. The minimum absolute atomic E-state index is 0.169. The minimum atomic E-state index is -0.357. The van der Waals surface area contributed by atoms with Gasteiger partial charge in [-0.15, -0.1) is 0 Å². The zero-order chi connectivity index (χ0) is 12.0. The van der Waals surface area contributed by atoms with Crippen LogP contribution < -0.4 is 5.32 Å².